The molecule has 1 unspecified atom stereocenters. The molecule has 0 saturated heterocycles. The van der Waals surface area contributed by atoms with E-state index in [0.717, 1.165) is 6.42 Å². The molecule has 0 radical (unpaired) electrons. The van der Waals surface area contributed by atoms with E-state index in [1.54, 1.807) is 0 Å². The Kier molecular flexibility index (Phi) is 9.01. The van der Waals surface area contributed by atoms with Crippen LogP contribution in [-0.2, 0) is 4.79 Å². The lowest BCUT2D eigenvalue weighted by Crippen LogP contribution is -2.44. The van der Waals surface area contributed by atoms with Crippen LogP contribution in [0.15, 0.2) is 0 Å². The highest BCUT2D eigenvalue weighted by atomic mass is 16.4. The molecule has 0 aliphatic carbocycles. The van der Waals surface area contributed by atoms with Crippen molar-refractivity contribution in [3.05, 3.63) is 0 Å². The first-order valence-corrected chi connectivity index (χ1v) is 7.53. The summed E-state index contributed by atoms with van der Waals surface area (Å²) in [5, 5.41) is 14.2. The average Bonchev–Trinajstić information content (AvgIpc) is 2.34. The van der Waals surface area contributed by atoms with Gasteiger partial charge in [-0.2, -0.15) is 0 Å². The third-order valence-electron chi connectivity index (χ3n) is 3.35. The van der Waals surface area contributed by atoms with Crippen LogP contribution in [0.5, 0.6) is 0 Å². The summed E-state index contributed by atoms with van der Waals surface area (Å²) in [5.41, 5.74) is 0.0941. The maximum atomic E-state index is 11.7. The molecule has 0 bridgehead atoms. The number of carbonyl (C=O) groups is 2. The van der Waals surface area contributed by atoms with E-state index < -0.39 is 5.97 Å². The molecule has 3 N–H and O–H groups in total. The van der Waals surface area contributed by atoms with Crippen LogP contribution < -0.4 is 10.6 Å². The van der Waals surface area contributed by atoms with Gasteiger partial charge in [0, 0.05) is 19.0 Å². The summed E-state index contributed by atoms with van der Waals surface area (Å²) >= 11 is 0. The molecule has 5 heteroatoms. The van der Waals surface area contributed by atoms with Gasteiger partial charge in [0.1, 0.15) is 0 Å². The lowest BCUT2D eigenvalue weighted by atomic mass is 9.87. The Bertz CT molecular complexity index is 303. The Hall–Kier alpha value is -1.26. The van der Waals surface area contributed by atoms with Gasteiger partial charge in [-0.3, -0.25) is 4.79 Å². The van der Waals surface area contributed by atoms with Crippen LogP contribution in [0.25, 0.3) is 0 Å². The van der Waals surface area contributed by atoms with E-state index in [4.69, 9.17) is 5.11 Å². The van der Waals surface area contributed by atoms with Gasteiger partial charge in [0.2, 0.25) is 0 Å². The number of carbonyl (C=O) groups excluding carboxylic acids is 1. The normalized spacial score (nSPS) is 12.8. The summed E-state index contributed by atoms with van der Waals surface area (Å²) < 4.78 is 0. The largest absolute Gasteiger partial charge is 0.481 e. The molecule has 2 amide bonds. The summed E-state index contributed by atoms with van der Waals surface area (Å²) in [6.07, 6.45) is 5.22. The predicted octanol–water partition coefficient (Wildman–Crippen LogP) is 3.15. The number of carboxylic acids is 1. The number of hydrogen-bond acceptors (Lipinski definition) is 2. The van der Waals surface area contributed by atoms with Crippen molar-refractivity contribution in [2.75, 3.05) is 6.54 Å². The summed E-state index contributed by atoms with van der Waals surface area (Å²) in [7, 11) is 0. The van der Waals surface area contributed by atoms with Gasteiger partial charge in [0.05, 0.1) is 0 Å². The Morgan fingerprint density at radius 3 is 2.45 bits per heavy atom. The molecule has 0 aromatic carbocycles. The number of rotatable bonds is 10. The molecule has 20 heavy (non-hydrogen) atoms. The highest BCUT2D eigenvalue weighted by Gasteiger charge is 2.18. The van der Waals surface area contributed by atoms with E-state index >= 15 is 0 Å². The minimum absolute atomic E-state index is 0.0734. The quantitative estimate of drug-likeness (QED) is 0.540. The molecule has 0 saturated carbocycles. The first kappa shape index (κ1) is 18.7. The Morgan fingerprint density at radius 1 is 1.25 bits per heavy atom. The van der Waals surface area contributed by atoms with Crippen molar-refractivity contribution in [3.63, 3.8) is 0 Å². The number of carboxylic acid groups (broad SMARTS) is 1. The number of aliphatic carboxylic acids is 1. The first-order chi connectivity index (χ1) is 9.26. The van der Waals surface area contributed by atoms with Crippen LogP contribution in [0.2, 0.25) is 0 Å². The summed E-state index contributed by atoms with van der Waals surface area (Å²) in [6, 6.07) is -0.347. The Balaban J connectivity index is 3.87. The molecule has 0 heterocycles. The maximum Gasteiger partial charge on any atom is 0.315 e. The van der Waals surface area contributed by atoms with Gasteiger partial charge in [-0.05, 0) is 25.2 Å². The van der Waals surface area contributed by atoms with Crippen molar-refractivity contribution in [2.24, 2.45) is 5.41 Å². The van der Waals surface area contributed by atoms with Gasteiger partial charge in [-0.1, -0.05) is 40.0 Å². The molecular formula is C15H30N2O3. The first-order valence-electron chi connectivity index (χ1n) is 7.53. The third-order valence-corrected chi connectivity index (χ3v) is 3.35. The van der Waals surface area contributed by atoms with E-state index in [2.05, 4.69) is 31.4 Å². The fourth-order valence-electron chi connectivity index (χ4n) is 1.95. The predicted molar refractivity (Wildman–Crippen MR) is 80.8 cm³/mol. The zero-order chi connectivity index (χ0) is 15.6. The molecule has 0 fully saturated rings. The Morgan fingerprint density at radius 2 is 1.90 bits per heavy atom. The lowest BCUT2D eigenvalue weighted by molar-refractivity contribution is -0.137. The second kappa shape index (κ2) is 9.61. The molecule has 0 spiro atoms. The van der Waals surface area contributed by atoms with E-state index in [1.165, 1.54) is 19.3 Å². The molecule has 0 aromatic heterocycles. The lowest BCUT2D eigenvalue weighted by Gasteiger charge is -2.25. The van der Waals surface area contributed by atoms with Gasteiger partial charge in [0.25, 0.3) is 0 Å². The van der Waals surface area contributed by atoms with Gasteiger partial charge >= 0.3 is 12.0 Å². The number of hydrogen-bond donors (Lipinski definition) is 3. The van der Waals surface area contributed by atoms with Crippen molar-refractivity contribution >= 4 is 12.0 Å². The second-order valence-corrected chi connectivity index (χ2v) is 6.28. The van der Waals surface area contributed by atoms with E-state index in [9.17, 15) is 9.59 Å². The van der Waals surface area contributed by atoms with Crippen LogP contribution in [-0.4, -0.2) is 29.7 Å². The molecule has 0 rings (SSSR count). The van der Waals surface area contributed by atoms with Crippen molar-refractivity contribution in [1.82, 2.24) is 10.6 Å². The smallest absolute Gasteiger partial charge is 0.315 e. The molecule has 0 aliphatic rings. The van der Waals surface area contributed by atoms with E-state index in [0.29, 0.717) is 13.0 Å². The summed E-state index contributed by atoms with van der Waals surface area (Å²) in [6.45, 7) is 8.92. The highest BCUT2D eigenvalue weighted by molar-refractivity contribution is 5.74. The van der Waals surface area contributed by atoms with Crippen molar-refractivity contribution in [2.45, 2.75) is 72.3 Å². The monoisotopic (exact) mass is 286 g/mol. The van der Waals surface area contributed by atoms with Crippen molar-refractivity contribution in [3.8, 4) is 0 Å². The molecular weight excluding hydrogens is 256 g/mol. The zero-order valence-corrected chi connectivity index (χ0v) is 13.3. The van der Waals surface area contributed by atoms with Crippen LogP contribution >= 0.6 is 0 Å². The molecule has 0 aromatic rings. The number of amides is 2. The number of nitrogens with one attached hydrogen (secondary N) is 2. The maximum absolute atomic E-state index is 11.7. The fraction of sp³-hybridized carbons (Fsp3) is 0.867. The van der Waals surface area contributed by atoms with E-state index in [-0.39, 0.29) is 23.9 Å². The van der Waals surface area contributed by atoms with E-state index in [1.807, 2.05) is 6.92 Å². The zero-order valence-electron chi connectivity index (χ0n) is 13.3. The van der Waals surface area contributed by atoms with Gasteiger partial charge < -0.3 is 15.7 Å². The SMILES string of the molecule is CCCCCC(C)(C)CNC(=O)NC(C)CCC(=O)O. The summed E-state index contributed by atoms with van der Waals surface area (Å²) in [5.74, 6) is -0.837. The molecule has 5 nitrogen and oxygen atoms in total. The summed E-state index contributed by atoms with van der Waals surface area (Å²) in [4.78, 5) is 22.1. The highest BCUT2D eigenvalue weighted by Crippen LogP contribution is 2.22. The van der Waals surface area contributed by atoms with Crippen LogP contribution in [0, 0.1) is 5.41 Å². The van der Waals surface area contributed by atoms with Gasteiger partial charge in [-0.15, -0.1) is 0 Å². The number of unbranched alkanes of at least 4 members (excludes halogenated alkanes) is 2. The number of urea groups is 1. The van der Waals surface area contributed by atoms with Crippen molar-refractivity contribution in [1.29, 1.82) is 0 Å². The average molecular weight is 286 g/mol. The molecule has 1 atom stereocenters. The van der Waals surface area contributed by atoms with Gasteiger partial charge in [-0.25, -0.2) is 4.79 Å². The van der Waals surface area contributed by atoms with Gasteiger partial charge in [0.15, 0.2) is 0 Å². The molecule has 118 valence electrons. The standard InChI is InChI=1S/C15H30N2O3/c1-5-6-7-10-15(3,4)11-16-14(20)17-12(2)8-9-13(18)19/h12H,5-11H2,1-4H3,(H,18,19)(H2,16,17,20). The fourth-order valence-corrected chi connectivity index (χ4v) is 1.95. The Labute approximate surface area is 122 Å². The third kappa shape index (κ3) is 10.6. The second-order valence-electron chi connectivity index (χ2n) is 6.28. The van der Waals surface area contributed by atoms with Crippen molar-refractivity contribution < 1.29 is 14.7 Å². The van der Waals surface area contributed by atoms with Crippen LogP contribution in [0.1, 0.15) is 66.2 Å². The minimum Gasteiger partial charge on any atom is -0.481 e. The van der Waals surface area contributed by atoms with Crippen LogP contribution in [0.4, 0.5) is 4.79 Å². The minimum atomic E-state index is -0.837. The van der Waals surface area contributed by atoms with Crippen LogP contribution in [0.3, 0.4) is 0 Å². The molecule has 0 aliphatic heterocycles. The topological polar surface area (TPSA) is 78.4 Å².